The van der Waals surface area contributed by atoms with E-state index in [-0.39, 0.29) is 25.4 Å². The molecule has 0 aromatic carbocycles. The molecule has 1 saturated heterocycles. The Morgan fingerprint density at radius 1 is 1.29 bits per heavy atom. The average Bonchev–Trinajstić information content (AvgIpc) is 2.53. The summed E-state index contributed by atoms with van der Waals surface area (Å²) in [6.07, 6.45) is 8.68. The standard InChI is InChI=1S/C19H34O5/c1-4-5-6-7-8-15(12-19(2,3)18(21)22)11-17-16(9-10-20)13-23-14-24-17/h11,16-17,20H,4-10,12-14H2,1-3H3,(H,21,22)/t16-,17+/m1/s1. The van der Waals surface area contributed by atoms with Crippen LogP contribution in [0.3, 0.4) is 0 Å². The van der Waals surface area contributed by atoms with Crippen molar-refractivity contribution in [3.63, 3.8) is 0 Å². The van der Waals surface area contributed by atoms with Gasteiger partial charge in [-0.1, -0.05) is 37.8 Å². The van der Waals surface area contributed by atoms with Crippen molar-refractivity contribution in [2.45, 2.75) is 71.8 Å². The third-order valence-corrected chi connectivity index (χ3v) is 4.64. The van der Waals surface area contributed by atoms with Crippen molar-refractivity contribution in [1.29, 1.82) is 0 Å². The van der Waals surface area contributed by atoms with Gasteiger partial charge in [-0.15, -0.1) is 0 Å². The van der Waals surface area contributed by atoms with Gasteiger partial charge in [0.1, 0.15) is 6.79 Å². The molecule has 1 heterocycles. The first kappa shape index (κ1) is 21.1. The van der Waals surface area contributed by atoms with E-state index >= 15 is 0 Å². The molecule has 2 N–H and O–H groups in total. The zero-order valence-corrected chi connectivity index (χ0v) is 15.4. The maximum Gasteiger partial charge on any atom is 0.309 e. The van der Waals surface area contributed by atoms with E-state index in [1.807, 2.05) is 0 Å². The van der Waals surface area contributed by atoms with Crippen molar-refractivity contribution in [2.24, 2.45) is 11.3 Å². The van der Waals surface area contributed by atoms with Crippen molar-refractivity contribution >= 4 is 5.97 Å². The summed E-state index contributed by atoms with van der Waals surface area (Å²) in [6, 6.07) is 0. The maximum absolute atomic E-state index is 11.5. The zero-order valence-electron chi connectivity index (χ0n) is 15.4. The van der Waals surface area contributed by atoms with E-state index in [1.165, 1.54) is 12.8 Å². The molecule has 2 atom stereocenters. The Morgan fingerprint density at radius 3 is 2.67 bits per heavy atom. The van der Waals surface area contributed by atoms with Gasteiger partial charge in [0.15, 0.2) is 0 Å². The average molecular weight is 342 g/mol. The maximum atomic E-state index is 11.5. The van der Waals surface area contributed by atoms with Crippen LogP contribution in [0, 0.1) is 11.3 Å². The summed E-state index contributed by atoms with van der Waals surface area (Å²) in [6.45, 7) is 6.66. The molecule has 0 amide bonds. The van der Waals surface area contributed by atoms with Crippen molar-refractivity contribution in [1.82, 2.24) is 0 Å². The third kappa shape index (κ3) is 7.32. The van der Waals surface area contributed by atoms with Gasteiger partial charge in [-0.3, -0.25) is 4.79 Å². The Kier molecular flexibility index (Phi) is 9.56. The van der Waals surface area contributed by atoms with Crippen molar-refractivity contribution in [2.75, 3.05) is 20.0 Å². The van der Waals surface area contributed by atoms with E-state index < -0.39 is 11.4 Å². The highest BCUT2D eigenvalue weighted by molar-refractivity contribution is 5.74. The molecule has 1 aliphatic rings. The molecule has 140 valence electrons. The number of aliphatic hydroxyl groups is 1. The van der Waals surface area contributed by atoms with E-state index in [0.29, 0.717) is 19.4 Å². The van der Waals surface area contributed by atoms with Crippen LogP contribution in [0.1, 0.15) is 65.7 Å². The second-order valence-electron chi connectivity index (χ2n) is 7.39. The minimum atomic E-state index is -0.784. The molecule has 0 saturated carbocycles. The summed E-state index contributed by atoms with van der Waals surface area (Å²) in [4.78, 5) is 11.5. The largest absolute Gasteiger partial charge is 0.481 e. The molecule has 1 aliphatic heterocycles. The van der Waals surface area contributed by atoms with Crippen LogP contribution in [0.2, 0.25) is 0 Å². The lowest BCUT2D eigenvalue weighted by Gasteiger charge is -2.31. The van der Waals surface area contributed by atoms with Crippen LogP contribution >= 0.6 is 0 Å². The minimum absolute atomic E-state index is 0.100. The Morgan fingerprint density at radius 2 is 2.04 bits per heavy atom. The molecule has 0 radical (unpaired) electrons. The Labute approximate surface area is 146 Å². The van der Waals surface area contributed by atoms with Gasteiger partial charge in [0.05, 0.1) is 18.1 Å². The van der Waals surface area contributed by atoms with Crippen LogP contribution in [-0.4, -0.2) is 42.3 Å². The normalized spacial score (nSPS) is 22.6. The summed E-state index contributed by atoms with van der Waals surface area (Å²) in [5, 5.41) is 18.7. The minimum Gasteiger partial charge on any atom is -0.481 e. The van der Waals surface area contributed by atoms with Gasteiger partial charge in [0.25, 0.3) is 0 Å². The first-order valence-corrected chi connectivity index (χ1v) is 9.14. The SMILES string of the molecule is CCCCCCC(=C[C@@H]1OCOC[C@H]1CCO)CC(C)(C)C(=O)O. The highest BCUT2D eigenvalue weighted by Gasteiger charge is 2.30. The van der Waals surface area contributed by atoms with Gasteiger partial charge in [-0.05, 0) is 39.5 Å². The zero-order chi connectivity index (χ0) is 18.0. The van der Waals surface area contributed by atoms with Crippen LogP contribution in [0.15, 0.2) is 11.6 Å². The fourth-order valence-electron chi connectivity index (χ4n) is 3.04. The molecule has 5 heteroatoms. The van der Waals surface area contributed by atoms with Gasteiger partial charge < -0.3 is 19.7 Å². The van der Waals surface area contributed by atoms with Gasteiger partial charge in [-0.2, -0.15) is 0 Å². The number of ether oxygens (including phenoxy) is 2. The number of unbranched alkanes of at least 4 members (excludes halogenated alkanes) is 3. The second-order valence-corrected chi connectivity index (χ2v) is 7.39. The number of carboxylic acids is 1. The second kappa shape index (κ2) is 10.9. The number of aliphatic carboxylic acids is 1. The predicted octanol–water partition coefficient (Wildman–Crippen LogP) is 3.76. The molecule has 0 aromatic heterocycles. The molecular weight excluding hydrogens is 308 g/mol. The molecule has 24 heavy (non-hydrogen) atoms. The number of allylic oxidation sites excluding steroid dienone is 1. The molecule has 1 rings (SSSR count). The van der Waals surface area contributed by atoms with Gasteiger partial charge in [0.2, 0.25) is 0 Å². The number of hydrogen-bond donors (Lipinski definition) is 2. The molecule has 1 fully saturated rings. The lowest BCUT2D eigenvalue weighted by Crippen LogP contribution is -2.34. The first-order valence-electron chi connectivity index (χ1n) is 9.14. The van der Waals surface area contributed by atoms with Crippen LogP contribution in [0.5, 0.6) is 0 Å². The first-order chi connectivity index (χ1) is 11.4. The molecule has 0 aliphatic carbocycles. The summed E-state index contributed by atoms with van der Waals surface area (Å²) in [7, 11) is 0. The summed E-state index contributed by atoms with van der Waals surface area (Å²) in [5.41, 5.74) is 0.363. The van der Waals surface area contributed by atoms with E-state index in [0.717, 1.165) is 24.8 Å². The summed E-state index contributed by atoms with van der Waals surface area (Å²) < 4.78 is 11.1. The van der Waals surface area contributed by atoms with E-state index in [9.17, 15) is 15.0 Å². The van der Waals surface area contributed by atoms with Crippen molar-refractivity contribution in [3.05, 3.63) is 11.6 Å². The summed E-state index contributed by atoms with van der Waals surface area (Å²) >= 11 is 0. The monoisotopic (exact) mass is 342 g/mol. The van der Waals surface area contributed by atoms with E-state index in [4.69, 9.17) is 9.47 Å². The molecule has 0 bridgehead atoms. The third-order valence-electron chi connectivity index (χ3n) is 4.64. The van der Waals surface area contributed by atoms with E-state index in [1.54, 1.807) is 13.8 Å². The van der Waals surface area contributed by atoms with Crippen LogP contribution in [-0.2, 0) is 14.3 Å². The van der Waals surface area contributed by atoms with E-state index in [2.05, 4.69) is 13.0 Å². The quantitative estimate of drug-likeness (QED) is 0.442. The van der Waals surface area contributed by atoms with Crippen LogP contribution in [0.25, 0.3) is 0 Å². The molecule has 5 nitrogen and oxygen atoms in total. The Balaban J connectivity index is 2.81. The highest BCUT2D eigenvalue weighted by Crippen LogP contribution is 2.30. The van der Waals surface area contributed by atoms with Crippen LogP contribution < -0.4 is 0 Å². The number of hydrogen-bond acceptors (Lipinski definition) is 4. The predicted molar refractivity (Wildman–Crippen MR) is 93.8 cm³/mol. The van der Waals surface area contributed by atoms with Crippen molar-refractivity contribution in [3.8, 4) is 0 Å². The molecule has 0 unspecified atom stereocenters. The number of carbonyl (C=O) groups is 1. The fraction of sp³-hybridized carbons (Fsp3) is 0.842. The molecule has 0 aromatic rings. The molecule has 0 spiro atoms. The van der Waals surface area contributed by atoms with Gasteiger partial charge in [-0.25, -0.2) is 0 Å². The lowest BCUT2D eigenvalue weighted by molar-refractivity contribution is -0.157. The number of aliphatic hydroxyl groups excluding tert-OH is 1. The topological polar surface area (TPSA) is 76.0 Å². The molecular formula is C19H34O5. The smallest absolute Gasteiger partial charge is 0.309 e. The lowest BCUT2D eigenvalue weighted by atomic mass is 9.82. The Bertz CT molecular complexity index is 401. The highest BCUT2D eigenvalue weighted by atomic mass is 16.7. The number of rotatable bonds is 11. The van der Waals surface area contributed by atoms with Gasteiger partial charge in [0, 0.05) is 12.5 Å². The summed E-state index contributed by atoms with van der Waals surface area (Å²) in [5.74, 6) is -0.649. The Hall–Kier alpha value is -0.910. The van der Waals surface area contributed by atoms with Gasteiger partial charge >= 0.3 is 5.97 Å². The van der Waals surface area contributed by atoms with Crippen LogP contribution in [0.4, 0.5) is 0 Å². The number of carboxylic acid groups (broad SMARTS) is 1. The van der Waals surface area contributed by atoms with Crippen molar-refractivity contribution < 1.29 is 24.5 Å². The fourth-order valence-corrected chi connectivity index (χ4v) is 3.04.